The van der Waals surface area contributed by atoms with E-state index in [2.05, 4.69) is 5.32 Å². The highest BCUT2D eigenvalue weighted by Gasteiger charge is 2.29. The van der Waals surface area contributed by atoms with Crippen molar-refractivity contribution in [2.24, 2.45) is 0 Å². The molecule has 3 rings (SSSR count). The molecule has 1 aliphatic heterocycles. The van der Waals surface area contributed by atoms with Crippen molar-refractivity contribution in [1.29, 1.82) is 0 Å². The number of amides is 1. The summed E-state index contributed by atoms with van der Waals surface area (Å²) >= 11 is 0. The number of nitrogens with one attached hydrogen (secondary N) is 1. The lowest BCUT2D eigenvalue weighted by Gasteiger charge is -2.19. The Kier molecular flexibility index (Phi) is 7.50. The second kappa shape index (κ2) is 10.1. The molecule has 0 bridgehead atoms. The van der Waals surface area contributed by atoms with Crippen LogP contribution in [0.5, 0.6) is 17.2 Å². The first kappa shape index (κ1) is 23.7. The van der Waals surface area contributed by atoms with Gasteiger partial charge < -0.3 is 19.5 Å². The molecular formula is C23H30N2O6S. The molecule has 2 aromatic carbocycles. The predicted molar refractivity (Wildman–Crippen MR) is 125 cm³/mol. The van der Waals surface area contributed by atoms with Gasteiger partial charge in [-0.15, -0.1) is 0 Å². The number of aryl methyl sites for hydroxylation is 1. The van der Waals surface area contributed by atoms with Gasteiger partial charge in [0, 0.05) is 17.8 Å². The van der Waals surface area contributed by atoms with Crippen LogP contribution in [0.2, 0.25) is 0 Å². The number of benzene rings is 2. The molecule has 0 atom stereocenters. The number of carbonyl (C=O) groups excluding carboxylic acids is 1. The van der Waals surface area contributed by atoms with E-state index in [1.807, 2.05) is 27.7 Å². The lowest BCUT2D eigenvalue weighted by molar-refractivity contribution is 0.102. The molecule has 0 spiro atoms. The van der Waals surface area contributed by atoms with Gasteiger partial charge in [0.25, 0.3) is 5.91 Å². The largest absolute Gasteiger partial charge is 0.490 e. The van der Waals surface area contributed by atoms with Gasteiger partial charge in [-0.1, -0.05) is 6.07 Å². The number of sulfonamides is 1. The van der Waals surface area contributed by atoms with Crippen LogP contribution in [0.15, 0.2) is 30.3 Å². The maximum Gasteiger partial charge on any atom is 0.255 e. The molecule has 0 radical (unpaired) electrons. The van der Waals surface area contributed by atoms with Gasteiger partial charge in [-0.25, -0.2) is 8.42 Å². The summed E-state index contributed by atoms with van der Waals surface area (Å²) in [7, 11) is -3.31. The van der Waals surface area contributed by atoms with E-state index >= 15 is 0 Å². The van der Waals surface area contributed by atoms with Crippen molar-refractivity contribution in [3.05, 3.63) is 41.5 Å². The van der Waals surface area contributed by atoms with Gasteiger partial charge in [0.05, 0.1) is 31.3 Å². The molecule has 1 N–H and O–H groups in total. The summed E-state index contributed by atoms with van der Waals surface area (Å²) in [5.74, 6) is 1.10. The van der Waals surface area contributed by atoms with Gasteiger partial charge in [-0.2, -0.15) is 0 Å². The number of rotatable bonds is 9. The number of hydrogen-bond acceptors (Lipinski definition) is 6. The Hall–Kier alpha value is -2.94. The molecule has 2 aromatic rings. The van der Waals surface area contributed by atoms with Crippen molar-refractivity contribution in [3.8, 4) is 17.2 Å². The lowest BCUT2D eigenvalue weighted by Crippen LogP contribution is -2.25. The van der Waals surface area contributed by atoms with Crippen LogP contribution in [0.1, 0.15) is 43.1 Å². The fourth-order valence-corrected chi connectivity index (χ4v) is 5.10. The van der Waals surface area contributed by atoms with Crippen LogP contribution >= 0.6 is 0 Å². The Morgan fingerprint density at radius 3 is 2.16 bits per heavy atom. The first-order chi connectivity index (χ1) is 15.3. The second-order valence-electron chi connectivity index (χ2n) is 7.30. The molecule has 0 aliphatic carbocycles. The summed E-state index contributed by atoms with van der Waals surface area (Å²) in [5, 5.41) is 2.90. The van der Waals surface area contributed by atoms with E-state index in [9.17, 15) is 13.2 Å². The molecule has 1 heterocycles. The summed E-state index contributed by atoms with van der Waals surface area (Å²) in [6.45, 7) is 9.10. The Balaban J connectivity index is 1.93. The highest BCUT2D eigenvalue weighted by Crippen LogP contribution is 2.39. The Morgan fingerprint density at radius 2 is 1.62 bits per heavy atom. The lowest BCUT2D eigenvalue weighted by atomic mass is 10.1. The summed E-state index contributed by atoms with van der Waals surface area (Å²) in [6.07, 6.45) is 0.588. The van der Waals surface area contributed by atoms with E-state index in [1.165, 1.54) is 4.31 Å². The van der Waals surface area contributed by atoms with Gasteiger partial charge in [0.1, 0.15) is 0 Å². The first-order valence-corrected chi connectivity index (χ1v) is 12.4. The topological polar surface area (TPSA) is 94.2 Å². The van der Waals surface area contributed by atoms with Gasteiger partial charge >= 0.3 is 0 Å². The van der Waals surface area contributed by atoms with Crippen LogP contribution in [0.4, 0.5) is 11.4 Å². The zero-order valence-electron chi connectivity index (χ0n) is 18.9. The van der Waals surface area contributed by atoms with E-state index in [4.69, 9.17) is 14.2 Å². The number of anilines is 2. The average Bonchev–Trinajstić information content (AvgIpc) is 3.11. The highest BCUT2D eigenvalue weighted by atomic mass is 32.2. The molecule has 0 saturated carbocycles. The van der Waals surface area contributed by atoms with Crippen molar-refractivity contribution >= 4 is 27.3 Å². The molecule has 9 heteroatoms. The van der Waals surface area contributed by atoms with Crippen LogP contribution in [0, 0.1) is 6.92 Å². The smallest absolute Gasteiger partial charge is 0.255 e. The van der Waals surface area contributed by atoms with E-state index in [-0.39, 0.29) is 11.7 Å². The normalized spacial score (nSPS) is 14.8. The maximum absolute atomic E-state index is 13.1. The zero-order chi connectivity index (χ0) is 23.3. The number of carbonyl (C=O) groups is 1. The van der Waals surface area contributed by atoms with Gasteiger partial charge in [-0.05, 0) is 63.9 Å². The van der Waals surface area contributed by atoms with Crippen LogP contribution in [-0.4, -0.2) is 46.4 Å². The molecule has 1 saturated heterocycles. The van der Waals surface area contributed by atoms with E-state index in [0.717, 1.165) is 5.56 Å². The molecule has 1 amide bonds. The van der Waals surface area contributed by atoms with Crippen molar-refractivity contribution < 1.29 is 27.4 Å². The van der Waals surface area contributed by atoms with Crippen LogP contribution < -0.4 is 23.8 Å². The second-order valence-corrected chi connectivity index (χ2v) is 9.31. The number of ether oxygens (including phenoxy) is 3. The molecule has 0 aromatic heterocycles. The SMILES string of the molecule is CCOc1cc(C(=O)Nc2cc(N3CCCS3(=O)=O)ccc2C)cc(OCC)c1OCC. The third-order valence-corrected chi connectivity index (χ3v) is 6.90. The Bertz CT molecular complexity index is 1060. The molecule has 1 fully saturated rings. The van der Waals surface area contributed by atoms with E-state index in [1.54, 1.807) is 30.3 Å². The highest BCUT2D eigenvalue weighted by molar-refractivity contribution is 7.93. The van der Waals surface area contributed by atoms with Crippen molar-refractivity contribution in [2.75, 3.05) is 41.7 Å². The molecule has 174 valence electrons. The molecule has 8 nitrogen and oxygen atoms in total. The monoisotopic (exact) mass is 462 g/mol. The zero-order valence-corrected chi connectivity index (χ0v) is 19.8. The Morgan fingerprint density at radius 1 is 1.00 bits per heavy atom. The molecule has 32 heavy (non-hydrogen) atoms. The summed E-state index contributed by atoms with van der Waals surface area (Å²) in [5.41, 5.74) is 2.25. The van der Waals surface area contributed by atoms with Crippen LogP contribution in [-0.2, 0) is 10.0 Å². The fraction of sp³-hybridized carbons (Fsp3) is 0.435. The minimum Gasteiger partial charge on any atom is -0.490 e. The van der Waals surface area contributed by atoms with E-state index in [0.29, 0.717) is 67.0 Å². The molecular weight excluding hydrogens is 432 g/mol. The van der Waals surface area contributed by atoms with Crippen molar-refractivity contribution in [1.82, 2.24) is 0 Å². The summed E-state index contributed by atoms with van der Waals surface area (Å²) in [4.78, 5) is 13.1. The summed E-state index contributed by atoms with van der Waals surface area (Å²) in [6, 6.07) is 8.49. The third kappa shape index (κ3) is 5.09. The quantitative estimate of drug-likeness (QED) is 0.606. The average molecular weight is 463 g/mol. The first-order valence-electron chi connectivity index (χ1n) is 10.8. The van der Waals surface area contributed by atoms with Crippen LogP contribution in [0.3, 0.4) is 0 Å². The predicted octanol–water partition coefficient (Wildman–Crippen LogP) is 3.98. The standard InChI is InChI=1S/C23H30N2O6S/c1-5-29-20-13-17(14-21(30-6-2)22(20)31-7-3)23(26)24-19-15-18(10-9-16(19)4)25-11-8-12-32(25,27)28/h9-10,13-15H,5-8,11-12H2,1-4H3,(H,24,26). The number of hydrogen-bond donors (Lipinski definition) is 1. The van der Waals surface area contributed by atoms with Crippen molar-refractivity contribution in [2.45, 2.75) is 34.1 Å². The van der Waals surface area contributed by atoms with Gasteiger partial charge in [0.15, 0.2) is 11.5 Å². The summed E-state index contributed by atoms with van der Waals surface area (Å²) < 4.78 is 43.0. The maximum atomic E-state index is 13.1. The minimum absolute atomic E-state index is 0.134. The van der Waals surface area contributed by atoms with Crippen molar-refractivity contribution in [3.63, 3.8) is 0 Å². The van der Waals surface area contributed by atoms with E-state index < -0.39 is 10.0 Å². The molecule has 0 unspecified atom stereocenters. The third-order valence-electron chi connectivity index (χ3n) is 5.03. The fourth-order valence-electron chi connectivity index (χ4n) is 3.54. The van der Waals surface area contributed by atoms with Gasteiger partial charge in [-0.3, -0.25) is 9.10 Å². The minimum atomic E-state index is -3.31. The number of nitrogens with zero attached hydrogens (tertiary/aromatic N) is 1. The molecule has 1 aliphatic rings. The van der Waals surface area contributed by atoms with Crippen LogP contribution in [0.25, 0.3) is 0 Å². The Labute approximate surface area is 189 Å². The van der Waals surface area contributed by atoms with Gasteiger partial charge in [0.2, 0.25) is 15.8 Å².